The second kappa shape index (κ2) is 12.1. The van der Waals surface area contributed by atoms with Gasteiger partial charge in [0.15, 0.2) is 0 Å². The van der Waals surface area contributed by atoms with Crippen LogP contribution in [0.3, 0.4) is 0 Å². The highest BCUT2D eigenvalue weighted by Crippen LogP contribution is 2.06. The molecule has 0 unspecified atom stereocenters. The fraction of sp³-hybridized carbons (Fsp3) is 0.769. The third-order valence-electron chi connectivity index (χ3n) is 3.15. The van der Waals surface area contributed by atoms with Crippen LogP contribution in [0.25, 0.3) is 0 Å². The van der Waals surface area contributed by atoms with Gasteiger partial charge in [-0.3, -0.25) is 0 Å². The summed E-state index contributed by atoms with van der Waals surface area (Å²) in [5.74, 6) is 1.35. The summed E-state index contributed by atoms with van der Waals surface area (Å²) in [6.07, 6.45) is 12.6. The van der Waals surface area contributed by atoms with Crippen molar-refractivity contribution in [2.75, 3.05) is 0 Å². The zero-order valence-corrected chi connectivity index (χ0v) is 14.7. The zero-order valence-electron chi connectivity index (χ0n) is 13.0. The average molecular weight is 377 g/mol. The molecule has 0 saturated carbocycles. The number of aromatic nitrogens is 2. The van der Waals surface area contributed by atoms with Crippen molar-refractivity contribution < 1.29 is 21.8 Å². The molecule has 0 aliphatic carbocycles. The molecular weight excluding hydrogens is 351 g/mol. The smallest absolute Gasteiger partial charge is 0.418 e. The Morgan fingerprint density at radius 1 is 1.05 bits per heavy atom. The van der Waals surface area contributed by atoms with E-state index >= 15 is 0 Å². The van der Waals surface area contributed by atoms with Crippen LogP contribution in [-0.2, 0) is 13.6 Å². The van der Waals surface area contributed by atoms with Crippen LogP contribution >= 0.6 is 17.0 Å². The number of imidazole rings is 1. The molecular formula is C13H26BBrF4N2. The molecule has 1 heterocycles. The number of hydrogen-bond acceptors (Lipinski definition) is 0. The number of rotatable bonds is 7. The maximum atomic E-state index is 9.75. The molecule has 1 aromatic heterocycles. The monoisotopic (exact) mass is 376 g/mol. The van der Waals surface area contributed by atoms with Crippen LogP contribution in [-0.4, -0.2) is 11.8 Å². The van der Waals surface area contributed by atoms with Crippen molar-refractivity contribution in [2.24, 2.45) is 7.05 Å². The molecule has 126 valence electrons. The van der Waals surface area contributed by atoms with Crippen LogP contribution in [0.2, 0.25) is 0 Å². The van der Waals surface area contributed by atoms with Crippen LogP contribution in [0.5, 0.6) is 0 Å². The molecule has 0 radical (unpaired) electrons. The highest BCUT2D eigenvalue weighted by atomic mass is 79.9. The van der Waals surface area contributed by atoms with E-state index in [1.54, 1.807) is 0 Å². The number of nitrogens with zero attached hydrogens (tertiary/aromatic N) is 2. The van der Waals surface area contributed by atoms with Gasteiger partial charge in [-0.1, -0.05) is 32.6 Å². The van der Waals surface area contributed by atoms with Crippen LogP contribution in [0.4, 0.5) is 17.3 Å². The second-order valence-corrected chi connectivity index (χ2v) is 4.91. The standard InChI is InChI=1S/C13H25N2.BF4.BrH/c1-4-5-6-7-8-9-10-15-12-11-14(3)13(15)2;2-1(3,4)5;/h11-12H,4-10H2,1-3H3;;1H/q+1;-1;. The van der Waals surface area contributed by atoms with Crippen LogP contribution in [0.1, 0.15) is 51.3 Å². The SMILES string of the molecule is Br.CCCCCCCC[n+]1ccn(C)c1C.F[B-](F)(F)F. The van der Waals surface area contributed by atoms with Gasteiger partial charge in [0.2, 0.25) is 0 Å². The molecule has 0 fully saturated rings. The number of hydrogen-bond donors (Lipinski definition) is 0. The fourth-order valence-corrected chi connectivity index (χ4v) is 1.90. The molecule has 8 heteroatoms. The first kappa shape index (κ1) is 22.8. The van der Waals surface area contributed by atoms with Gasteiger partial charge in [0.1, 0.15) is 12.4 Å². The molecule has 1 rings (SSSR count). The Bertz CT molecular complexity index is 364. The molecule has 0 amide bonds. The Hall–Kier alpha value is -0.525. The average Bonchev–Trinajstić information content (AvgIpc) is 2.63. The second-order valence-electron chi connectivity index (χ2n) is 4.91. The first-order valence-corrected chi connectivity index (χ1v) is 7.14. The highest BCUT2D eigenvalue weighted by molar-refractivity contribution is 8.93. The minimum absolute atomic E-state index is 0. The fourth-order valence-electron chi connectivity index (χ4n) is 1.90. The predicted octanol–water partition coefficient (Wildman–Crippen LogP) is 4.86. The van der Waals surface area contributed by atoms with Gasteiger partial charge in [-0.15, -0.1) is 17.0 Å². The Morgan fingerprint density at radius 2 is 1.52 bits per heavy atom. The number of halogens is 5. The van der Waals surface area contributed by atoms with E-state index in [9.17, 15) is 17.3 Å². The molecule has 0 bridgehead atoms. The first-order chi connectivity index (χ1) is 9.25. The minimum atomic E-state index is -6.00. The van der Waals surface area contributed by atoms with Crippen LogP contribution < -0.4 is 4.57 Å². The molecule has 0 spiro atoms. The van der Waals surface area contributed by atoms with Gasteiger partial charge in [0.05, 0.1) is 13.6 Å². The van der Waals surface area contributed by atoms with Crippen molar-refractivity contribution in [3.8, 4) is 0 Å². The van der Waals surface area contributed by atoms with E-state index in [1.807, 2.05) is 0 Å². The molecule has 21 heavy (non-hydrogen) atoms. The van der Waals surface area contributed by atoms with Crippen molar-refractivity contribution >= 4 is 24.2 Å². The molecule has 0 atom stereocenters. The van der Waals surface area contributed by atoms with Crippen molar-refractivity contribution in [1.29, 1.82) is 0 Å². The van der Waals surface area contributed by atoms with E-state index < -0.39 is 7.25 Å². The van der Waals surface area contributed by atoms with E-state index in [4.69, 9.17) is 0 Å². The quantitative estimate of drug-likeness (QED) is 0.278. The van der Waals surface area contributed by atoms with Gasteiger partial charge in [-0.05, 0) is 12.8 Å². The van der Waals surface area contributed by atoms with E-state index in [0.717, 1.165) is 0 Å². The zero-order chi connectivity index (χ0) is 15.6. The summed E-state index contributed by atoms with van der Waals surface area (Å²) in [4.78, 5) is 0. The molecule has 0 aromatic carbocycles. The van der Waals surface area contributed by atoms with Gasteiger partial charge in [-0.2, -0.15) is 0 Å². The van der Waals surface area contributed by atoms with Gasteiger partial charge in [-0.25, -0.2) is 9.13 Å². The summed E-state index contributed by atoms with van der Waals surface area (Å²) in [5, 5.41) is 0. The van der Waals surface area contributed by atoms with Crippen molar-refractivity contribution in [1.82, 2.24) is 4.57 Å². The molecule has 1 aromatic rings. The van der Waals surface area contributed by atoms with Crippen LogP contribution in [0, 0.1) is 6.92 Å². The van der Waals surface area contributed by atoms with Gasteiger partial charge in [0, 0.05) is 6.92 Å². The molecule has 2 nitrogen and oxygen atoms in total. The normalized spacial score (nSPS) is 10.6. The van der Waals surface area contributed by atoms with Crippen molar-refractivity contribution in [2.45, 2.75) is 58.9 Å². The van der Waals surface area contributed by atoms with Gasteiger partial charge >= 0.3 is 7.25 Å². The molecule has 0 aliphatic rings. The number of aryl methyl sites for hydroxylation is 2. The summed E-state index contributed by atoms with van der Waals surface area (Å²) in [6.45, 7) is 5.62. The lowest BCUT2D eigenvalue weighted by Crippen LogP contribution is -2.35. The third-order valence-corrected chi connectivity index (χ3v) is 3.15. The number of unbranched alkanes of at least 4 members (excludes halogenated alkanes) is 5. The van der Waals surface area contributed by atoms with Gasteiger partial charge in [0.25, 0.3) is 5.82 Å². The van der Waals surface area contributed by atoms with E-state index in [0.29, 0.717) is 0 Å². The summed E-state index contributed by atoms with van der Waals surface area (Å²) in [5.41, 5.74) is 0. The van der Waals surface area contributed by atoms with E-state index in [2.05, 4.69) is 42.4 Å². The largest absolute Gasteiger partial charge is 0.673 e. The predicted molar refractivity (Wildman–Crippen MR) is 84.2 cm³/mol. The maximum Gasteiger partial charge on any atom is 0.673 e. The van der Waals surface area contributed by atoms with E-state index in [1.165, 1.54) is 50.9 Å². The van der Waals surface area contributed by atoms with Crippen molar-refractivity contribution in [3.05, 3.63) is 18.2 Å². The Morgan fingerprint density at radius 3 is 1.95 bits per heavy atom. The highest BCUT2D eigenvalue weighted by Gasteiger charge is 2.20. The maximum absolute atomic E-state index is 9.75. The summed E-state index contributed by atoms with van der Waals surface area (Å²) in [7, 11) is -3.90. The Kier molecular flexibility index (Phi) is 13.1. The van der Waals surface area contributed by atoms with Gasteiger partial charge < -0.3 is 17.3 Å². The van der Waals surface area contributed by atoms with Crippen molar-refractivity contribution in [3.63, 3.8) is 0 Å². The molecule has 0 N–H and O–H groups in total. The minimum Gasteiger partial charge on any atom is -0.418 e. The lowest BCUT2D eigenvalue weighted by atomic mass is 10.1. The first-order valence-electron chi connectivity index (χ1n) is 7.14. The summed E-state index contributed by atoms with van der Waals surface area (Å²) < 4.78 is 43.5. The lowest BCUT2D eigenvalue weighted by Gasteiger charge is -2.00. The Labute approximate surface area is 135 Å². The molecule has 0 aliphatic heterocycles. The topological polar surface area (TPSA) is 8.81 Å². The Balaban J connectivity index is 0. The third kappa shape index (κ3) is 14.2. The van der Waals surface area contributed by atoms with E-state index in [-0.39, 0.29) is 17.0 Å². The van der Waals surface area contributed by atoms with Crippen LogP contribution in [0.15, 0.2) is 12.4 Å². The summed E-state index contributed by atoms with van der Waals surface area (Å²) >= 11 is 0. The molecule has 0 saturated heterocycles. The lowest BCUT2D eigenvalue weighted by molar-refractivity contribution is -0.702. The summed E-state index contributed by atoms with van der Waals surface area (Å²) in [6, 6.07) is 0.